The zero-order chi connectivity index (χ0) is 14.0. The molecule has 0 aromatic heterocycles. The number of aldehydes is 1. The van der Waals surface area contributed by atoms with Crippen molar-refractivity contribution in [2.75, 3.05) is 7.11 Å². The van der Waals surface area contributed by atoms with Gasteiger partial charge >= 0.3 is 0 Å². The third kappa shape index (κ3) is 2.10. The van der Waals surface area contributed by atoms with Gasteiger partial charge in [0.05, 0.1) is 5.57 Å². The van der Waals surface area contributed by atoms with Gasteiger partial charge in [0.25, 0.3) is 5.85 Å². The lowest BCUT2D eigenvalue weighted by molar-refractivity contribution is -0.133. The molecule has 100 valence electrons. The lowest BCUT2D eigenvalue weighted by Crippen LogP contribution is -2.42. The molecule has 1 aliphatic carbocycles. The number of carbonyl (C=O) groups is 1. The van der Waals surface area contributed by atoms with Crippen molar-refractivity contribution in [3.63, 3.8) is 0 Å². The van der Waals surface area contributed by atoms with Crippen LogP contribution in [0.4, 0.5) is 13.2 Å². The summed E-state index contributed by atoms with van der Waals surface area (Å²) in [6.07, 6.45) is 0.183. The Morgan fingerprint density at radius 2 is 2.00 bits per heavy atom. The van der Waals surface area contributed by atoms with Crippen LogP contribution in [0.5, 0.6) is 0 Å². The minimum atomic E-state index is -2.89. The van der Waals surface area contributed by atoms with E-state index in [2.05, 4.69) is 4.74 Å². The number of hydrogen-bond acceptors (Lipinski definition) is 2. The molecule has 2 atom stereocenters. The fourth-order valence-electron chi connectivity index (χ4n) is 1.99. The van der Waals surface area contributed by atoms with Crippen LogP contribution >= 0.6 is 0 Å². The van der Waals surface area contributed by atoms with E-state index >= 15 is 0 Å². The average molecular weight is 268 g/mol. The van der Waals surface area contributed by atoms with Crippen molar-refractivity contribution >= 4 is 11.9 Å². The third-order valence-electron chi connectivity index (χ3n) is 3.04. The van der Waals surface area contributed by atoms with Crippen LogP contribution in [0.1, 0.15) is 5.56 Å². The van der Waals surface area contributed by atoms with Crippen molar-refractivity contribution in [3.05, 3.63) is 53.4 Å². The number of halogens is 3. The number of carbonyl (C=O) groups excluding carboxylic acids is 1. The van der Waals surface area contributed by atoms with Crippen molar-refractivity contribution < 1.29 is 22.7 Å². The molecular weight excluding hydrogens is 257 g/mol. The highest BCUT2D eigenvalue weighted by atomic mass is 19.2. The van der Waals surface area contributed by atoms with E-state index < -0.39 is 23.4 Å². The number of hydrogen-bond donors (Lipinski definition) is 0. The summed E-state index contributed by atoms with van der Waals surface area (Å²) in [6, 6.07) is 5.44. The first-order valence-corrected chi connectivity index (χ1v) is 5.55. The Bertz CT molecular complexity index is 566. The highest BCUT2D eigenvalue weighted by molar-refractivity contribution is 5.84. The maximum absolute atomic E-state index is 14.4. The molecule has 2 nitrogen and oxygen atoms in total. The van der Waals surface area contributed by atoms with Gasteiger partial charge in [-0.3, -0.25) is 4.79 Å². The van der Waals surface area contributed by atoms with Crippen molar-refractivity contribution in [1.29, 1.82) is 0 Å². The number of ether oxygens (including phenoxy) is 1. The van der Waals surface area contributed by atoms with Crippen molar-refractivity contribution in [2.24, 2.45) is 0 Å². The van der Waals surface area contributed by atoms with E-state index in [9.17, 15) is 18.0 Å². The lowest BCUT2D eigenvalue weighted by Gasteiger charge is -2.31. The Labute approximate surface area is 108 Å². The molecule has 0 saturated carbocycles. The molecule has 19 heavy (non-hydrogen) atoms. The molecule has 2 unspecified atom stereocenters. The molecule has 0 amide bonds. The van der Waals surface area contributed by atoms with Crippen LogP contribution < -0.4 is 0 Å². The van der Waals surface area contributed by atoms with Crippen LogP contribution in [-0.4, -0.2) is 25.4 Å². The van der Waals surface area contributed by atoms with E-state index in [0.29, 0.717) is 0 Å². The smallest absolute Gasteiger partial charge is 0.274 e. The molecule has 0 bridgehead atoms. The Balaban J connectivity index is 2.55. The van der Waals surface area contributed by atoms with Crippen LogP contribution in [0.25, 0.3) is 5.57 Å². The summed E-state index contributed by atoms with van der Waals surface area (Å²) < 4.78 is 46.7. The van der Waals surface area contributed by atoms with Gasteiger partial charge in [0.15, 0.2) is 12.5 Å². The van der Waals surface area contributed by atoms with Gasteiger partial charge in [0, 0.05) is 18.2 Å². The molecule has 1 aromatic rings. The molecular formula is C14H11F3O2. The largest absolute Gasteiger partial charge is 0.343 e. The molecule has 0 saturated heterocycles. The Kier molecular flexibility index (Phi) is 3.57. The van der Waals surface area contributed by atoms with Gasteiger partial charge in [-0.05, 0) is 12.1 Å². The molecule has 0 heterocycles. The highest BCUT2D eigenvalue weighted by Crippen LogP contribution is 2.40. The standard InChI is InChI=1S/C14H11F3O2/c1-19-14(17)9(8-18)6-7-11(13(14)16)10-4-2-3-5-12(10)15/h2-8,13H,1H3. The molecule has 0 aliphatic heterocycles. The molecule has 0 spiro atoms. The molecule has 5 heteroatoms. The number of alkyl halides is 2. The first-order chi connectivity index (χ1) is 9.04. The third-order valence-corrected chi connectivity index (χ3v) is 3.04. The van der Waals surface area contributed by atoms with Crippen molar-refractivity contribution in [1.82, 2.24) is 0 Å². The van der Waals surface area contributed by atoms with Gasteiger partial charge in [0.1, 0.15) is 5.82 Å². The van der Waals surface area contributed by atoms with E-state index in [1.807, 2.05) is 0 Å². The van der Waals surface area contributed by atoms with Crippen LogP contribution in [0, 0.1) is 5.82 Å². The fourth-order valence-corrected chi connectivity index (χ4v) is 1.99. The Morgan fingerprint density at radius 3 is 2.58 bits per heavy atom. The summed E-state index contributed by atoms with van der Waals surface area (Å²) in [7, 11) is 0.953. The second-order valence-corrected chi connectivity index (χ2v) is 4.05. The second kappa shape index (κ2) is 5.01. The van der Waals surface area contributed by atoms with Crippen LogP contribution in [0.2, 0.25) is 0 Å². The summed E-state index contributed by atoms with van der Waals surface area (Å²) in [4.78, 5) is 10.7. The van der Waals surface area contributed by atoms with Gasteiger partial charge in [-0.1, -0.05) is 24.3 Å². The predicted octanol–water partition coefficient (Wildman–Crippen LogP) is 3.00. The maximum atomic E-state index is 14.4. The number of methoxy groups -OCH3 is 1. The van der Waals surface area contributed by atoms with Gasteiger partial charge in [-0.25, -0.2) is 13.2 Å². The predicted molar refractivity (Wildman–Crippen MR) is 64.3 cm³/mol. The molecule has 0 radical (unpaired) electrons. The fraction of sp³-hybridized carbons (Fsp3) is 0.214. The zero-order valence-electron chi connectivity index (χ0n) is 10.1. The number of benzene rings is 1. The van der Waals surface area contributed by atoms with E-state index in [4.69, 9.17) is 0 Å². The van der Waals surface area contributed by atoms with Crippen molar-refractivity contribution in [3.8, 4) is 0 Å². The topological polar surface area (TPSA) is 26.3 Å². The highest BCUT2D eigenvalue weighted by Gasteiger charge is 2.48. The Hall–Kier alpha value is -1.88. The molecule has 0 N–H and O–H groups in total. The van der Waals surface area contributed by atoms with E-state index in [0.717, 1.165) is 19.3 Å². The average Bonchev–Trinajstić information content (AvgIpc) is 2.43. The normalized spacial score (nSPS) is 26.6. The quantitative estimate of drug-likeness (QED) is 0.788. The van der Waals surface area contributed by atoms with E-state index in [1.54, 1.807) is 0 Å². The van der Waals surface area contributed by atoms with Crippen LogP contribution in [-0.2, 0) is 9.53 Å². The lowest BCUT2D eigenvalue weighted by atomic mass is 9.87. The summed E-state index contributed by atoms with van der Waals surface area (Å²) in [5, 5.41) is 0. The van der Waals surface area contributed by atoms with Crippen LogP contribution in [0.15, 0.2) is 42.0 Å². The SMILES string of the molecule is COC1(F)C(C=O)=CC=C(c2ccccc2F)C1F. The number of allylic oxidation sites excluding steroid dienone is 2. The summed E-state index contributed by atoms with van der Waals surface area (Å²) in [5.74, 6) is -3.56. The van der Waals surface area contributed by atoms with Gasteiger partial charge in [-0.2, -0.15) is 0 Å². The van der Waals surface area contributed by atoms with Gasteiger partial charge < -0.3 is 4.74 Å². The van der Waals surface area contributed by atoms with Crippen molar-refractivity contribution in [2.45, 2.75) is 12.0 Å². The minimum Gasteiger partial charge on any atom is -0.343 e. The molecule has 1 aliphatic rings. The minimum absolute atomic E-state index is 0.0599. The molecule has 2 rings (SSSR count). The van der Waals surface area contributed by atoms with Gasteiger partial charge in [0.2, 0.25) is 0 Å². The summed E-state index contributed by atoms with van der Waals surface area (Å²) in [5.41, 5.74) is -0.731. The number of rotatable bonds is 3. The first-order valence-electron chi connectivity index (χ1n) is 5.55. The summed E-state index contributed by atoms with van der Waals surface area (Å²) in [6.45, 7) is 0. The Morgan fingerprint density at radius 1 is 1.32 bits per heavy atom. The monoisotopic (exact) mass is 268 g/mol. The maximum Gasteiger partial charge on any atom is 0.274 e. The second-order valence-electron chi connectivity index (χ2n) is 4.05. The first kappa shape index (κ1) is 13.5. The summed E-state index contributed by atoms with van der Waals surface area (Å²) >= 11 is 0. The van der Waals surface area contributed by atoms with Gasteiger partial charge in [-0.15, -0.1) is 0 Å². The van der Waals surface area contributed by atoms with E-state index in [1.165, 1.54) is 24.3 Å². The molecule has 1 aromatic carbocycles. The van der Waals surface area contributed by atoms with Crippen LogP contribution in [0.3, 0.4) is 0 Å². The molecule has 0 fully saturated rings. The zero-order valence-corrected chi connectivity index (χ0v) is 10.1. The van der Waals surface area contributed by atoms with E-state index in [-0.39, 0.29) is 17.4 Å².